The molecule has 0 aliphatic carbocycles. The van der Waals surface area contributed by atoms with E-state index in [-0.39, 0.29) is 0 Å². The lowest BCUT2D eigenvalue weighted by Crippen LogP contribution is -2.25. The van der Waals surface area contributed by atoms with E-state index in [2.05, 4.69) is 46.0 Å². The first-order valence-corrected chi connectivity index (χ1v) is 10.3. The summed E-state index contributed by atoms with van der Waals surface area (Å²) in [4.78, 5) is 13.1. The van der Waals surface area contributed by atoms with E-state index in [1.54, 1.807) is 0 Å². The minimum atomic E-state index is 0.466. The van der Waals surface area contributed by atoms with Gasteiger partial charge in [0.1, 0.15) is 0 Å². The third kappa shape index (κ3) is 4.75. The van der Waals surface area contributed by atoms with Crippen LogP contribution >= 0.6 is 0 Å². The number of hydrogen-bond donors (Lipinski definition) is 2. The Labute approximate surface area is 169 Å². The Balaban J connectivity index is 0.000000161. The van der Waals surface area contributed by atoms with Crippen molar-refractivity contribution >= 4 is 0 Å². The van der Waals surface area contributed by atoms with E-state index >= 15 is 0 Å². The minimum Gasteiger partial charge on any atom is -0.330 e. The van der Waals surface area contributed by atoms with Gasteiger partial charge in [0.15, 0.2) is 0 Å². The monoisotopic (exact) mass is 382 g/mol. The smallest absolute Gasteiger partial charge is 0.0400 e. The predicted molar refractivity (Wildman–Crippen MR) is 114 cm³/mol. The highest BCUT2D eigenvalue weighted by atomic mass is 15.2. The number of hydrogen-bond acceptors (Lipinski definition) is 6. The number of nitrogens with zero attached hydrogens (tertiary/aromatic N) is 4. The van der Waals surface area contributed by atoms with Crippen LogP contribution in [0.15, 0.2) is 49.1 Å². The van der Waals surface area contributed by atoms with Gasteiger partial charge in [0.25, 0.3) is 0 Å². The van der Waals surface area contributed by atoms with Crippen molar-refractivity contribution in [1.82, 2.24) is 19.8 Å². The fraction of sp³-hybridized carbons (Fsp3) is 0.545. The zero-order valence-electron chi connectivity index (χ0n) is 17.1. The second-order valence-corrected chi connectivity index (χ2v) is 7.99. The van der Waals surface area contributed by atoms with Gasteiger partial charge in [-0.1, -0.05) is 12.1 Å². The van der Waals surface area contributed by atoms with Crippen molar-refractivity contribution < 1.29 is 0 Å². The highest BCUT2D eigenvalue weighted by molar-refractivity contribution is 5.17. The summed E-state index contributed by atoms with van der Waals surface area (Å²) in [6.45, 7) is 3.82. The zero-order valence-corrected chi connectivity index (χ0v) is 17.1. The van der Waals surface area contributed by atoms with Gasteiger partial charge >= 0.3 is 0 Å². The van der Waals surface area contributed by atoms with Gasteiger partial charge in [-0.15, -0.1) is 0 Å². The molecule has 0 amide bonds. The molecule has 2 aromatic heterocycles. The Morgan fingerprint density at radius 1 is 0.821 bits per heavy atom. The van der Waals surface area contributed by atoms with Crippen LogP contribution in [0.1, 0.15) is 36.1 Å². The van der Waals surface area contributed by atoms with Crippen LogP contribution in [-0.2, 0) is 0 Å². The molecule has 4 atom stereocenters. The lowest BCUT2D eigenvalue weighted by molar-refractivity contribution is 0.279. The van der Waals surface area contributed by atoms with Crippen LogP contribution in [0.25, 0.3) is 0 Å². The first-order valence-electron chi connectivity index (χ1n) is 10.3. The molecular formula is C22H34N6. The van der Waals surface area contributed by atoms with Crippen LogP contribution in [0.5, 0.6) is 0 Å². The van der Waals surface area contributed by atoms with Crippen molar-refractivity contribution in [2.24, 2.45) is 23.3 Å². The van der Waals surface area contributed by atoms with Crippen LogP contribution in [0.3, 0.4) is 0 Å². The van der Waals surface area contributed by atoms with Crippen LogP contribution in [0.4, 0.5) is 0 Å². The summed E-state index contributed by atoms with van der Waals surface area (Å²) in [7, 11) is 4.32. The third-order valence-corrected chi connectivity index (χ3v) is 6.21. The number of pyridine rings is 2. The van der Waals surface area contributed by atoms with Gasteiger partial charge in [-0.25, -0.2) is 0 Å². The molecule has 2 saturated heterocycles. The van der Waals surface area contributed by atoms with Crippen LogP contribution < -0.4 is 11.5 Å². The van der Waals surface area contributed by atoms with Crippen molar-refractivity contribution in [1.29, 1.82) is 0 Å². The fourth-order valence-electron chi connectivity index (χ4n) is 4.70. The van der Waals surface area contributed by atoms with Crippen molar-refractivity contribution in [2.45, 2.75) is 24.9 Å². The molecule has 4 rings (SSSR count). The van der Waals surface area contributed by atoms with Crippen molar-refractivity contribution in [2.75, 3.05) is 40.3 Å². The van der Waals surface area contributed by atoms with E-state index in [0.717, 1.165) is 26.2 Å². The summed E-state index contributed by atoms with van der Waals surface area (Å²) in [5.74, 6) is 1.17. The topological polar surface area (TPSA) is 84.3 Å². The van der Waals surface area contributed by atoms with E-state index in [1.165, 1.54) is 24.0 Å². The Morgan fingerprint density at radius 2 is 1.25 bits per heavy atom. The average molecular weight is 383 g/mol. The second-order valence-electron chi connectivity index (χ2n) is 7.99. The summed E-state index contributed by atoms with van der Waals surface area (Å²) in [5, 5.41) is 0. The van der Waals surface area contributed by atoms with E-state index < -0.39 is 0 Å². The minimum absolute atomic E-state index is 0.466. The summed E-state index contributed by atoms with van der Waals surface area (Å²) in [6.07, 6.45) is 9.94. The molecule has 0 bridgehead atoms. The normalized spacial score (nSPS) is 28.1. The quantitative estimate of drug-likeness (QED) is 0.842. The molecule has 2 aliphatic heterocycles. The molecule has 4 heterocycles. The molecule has 4 N–H and O–H groups in total. The van der Waals surface area contributed by atoms with Crippen molar-refractivity contribution in [3.63, 3.8) is 0 Å². The van der Waals surface area contributed by atoms with E-state index in [9.17, 15) is 0 Å². The lowest BCUT2D eigenvalue weighted by Gasteiger charge is -2.24. The molecule has 2 unspecified atom stereocenters. The van der Waals surface area contributed by atoms with Crippen LogP contribution in [0.2, 0.25) is 0 Å². The molecule has 2 aliphatic rings. The standard InChI is InChI=1S/2C11H17N3/c2*1-14-6-4-9(7-12)11(14)10-3-2-5-13-8-10/h2*2-3,5,8-9,11H,4,6-7,12H2,1H3/t9?,11-;9-,11?/m11/s1. The molecule has 0 spiro atoms. The molecule has 6 nitrogen and oxygen atoms in total. The maximum Gasteiger partial charge on any atom is 0.0400 e. The SMILES string of the molecule is CN1CCC(CN)[C@@H]1c1cccnc1.CN1CC[C@H](CN)C1c1cccnc1. The average Bonchev–Trinajstić information content (AvgIpc) is 3.31. The number of aromatic nitrogens is 2. The molecule has 2 aromatic rings. The molecule has 2 fully saturated rings. The summed E-state index contributed by atoms with van der Waals surface area (Å²) in [5.41, 5.74) is 14.1. The summed E-state index contributed by atoms with van der Waals surface area (Å²) in [6, 6.07) is 9.21. The largest absolute Gasteiger partial charge is 0.330 e. The summed E-state index contributed by atoms with van der Waals surface area (Å²) >= 11 is 0. The molecule has 0 aromatic carbocycles. The molecular weight excluding hydrogens is 348 g/mol. The molecule has 6 heteroatoms. The maximum absolute atomic E-state index is 5.78. The third-order valence-electron chi connectivity index (χ3n) is 6.21. The molecule has 28 heavy (non-hydrogen) atoms. The summed E-state index contributed by atoms with van der Waals surface area (Å²) < 4.78 is 0. The van der Waals surface area contributed by atoms with Gasteiger partial charge < -0.3 is 11.5 Å². The Kier molecular flexibility index (Phi) is 7.50. The van der Waals surface area contributed by atoms with Gasteiger partial charge in [0.2, 0.25) is 0 Å². The van der Waals surface area contributed by atoms with Crippen LogP contribution in [-0.4, -0.2) is 60.0 Å². The number of likely N-dealkylation sites (tertiary alicyclic amines) is 2. The number of rotatable bonds is 4. The van der Waals surface area contributed by atoms with Crippen molar-refractivity contribution in [3.05, 3.63) is 60.2 Å². The Hall–Kier alpha value is -1.86. The first-order chi connectivity index (χ1) is 13.7. The molecule has 0 radical (unpaired) electrons. The Morgan fingerprint density at radius 3 is 1.57 bits per heavy atom. The van der Waals surface area contributed by atoms with Crippen molar-refractivity contribution in [3.8, 4) is 0 Å². The predicted octanol–water partition coefficient (Wildman–Crippen LogP) is 2.07. The van der Waals surface area contributed by atoms with Gasteiger partial charge in [-0.2, -0.15) is 0 Å². The van der Waals surface area contributed by atoms with Gasteiger partial charge in [-0.05, 0) is 88.2 Å². The van der Waals surface area contributed by atoms with Crippen LogP contribution in [0, 0.1) is 11.8 Å². The zero-order chi connectivity index (χ0) is 19.9. The first kappa shape index (κ1) is 20.9. The highest BCUT2D eigenvalue weighted by Gasteiger charge is 2.32. The van der Waals surface area contributed by atoms with E-state index in [0.29, 0.717) is 23.9 Å². The van der Waals surface area contributed by atoms with E-state index in [4.69, 9.17) is 11.5 Å². The van der Waals surface area contributed by atoms with Gasteiger partial charge in [0.05, 0.1) is 0 Å². The maximum atomic E-state index is 5.78. The Bertz CT molecular complexity index is 633. The van der Waals surface area contributed by atoms with E-state index in [1.807, 2.05) is 36.9 Å². The van der Waals surface area contributed by atoms with Gasteiger partial charge in [-0.3, -0.25) is 19.8 Å². The van der Waals surface area contributed by atoms with Gasteiger partial charge in [0, 0.05) is 36.9 Å². The number of nitrogens with two attached hydrogens (primary N) is 2. The second kappa shape index (κ2) is 10.1. The fourth-order valence-corrected chi connectivity index (χ4v) is 4.70. The lowest BCUT2D eigenvalue weighted by atomic mass is 9.95. The molecule has 152 valence electrons. The highest BCUT2D eigenvalue weighted by Crippen LogP contribution is 2.35. The molecule has 0 saturated carbocycles.